The quantitative estimate of drug-likeness (QED) is 0.672. The van der Waals surface area contributed by atoms with E-state index in [-0.39, 0.29) is 10.7 Å². The molecular formula is C11H13ClN2O4. The molecule has 1 aromatic carbocycles. The molecule has 0 aliphatic heterocycles. The smallest absolute Gasteiger partial charge is 0.326 e. The first-order chi connectivity index (χ1) is 8.25. The van der Waals surface area contributed by atoms with Gasteiger partial charge in [0.2, 0.25) is 0 Å². The molecule has 0 amide bonds. The van der Waals surface area contributed by atoms with Crippen LogP contribution >= 0.6 is 11.6 Å². The molecule has 0 saturated carbocycles. The van der Waals surface area contributed by atoms with Crippen molar-refractivity contribution in [3.8, 4) is 0 Å². The van der Waals surface area contributed by atoms with Crippen LogP contribution in [0.15, 0.2) is 12.1 Å². The summed E-state index contributed by atoms with van der Waals surface area (Å²) in [4.78, 5) is 22.6. The van der Waals surface area contributed by atoms with E-state index in [4.69, 9.17) is 16.7 Å². The third kappa shape index (κ3) is 2.70. The third-order valence-corrected chi connectivity index (χ3v) is 3.08. The van der Waals surface area contributed by atoms with Crippen molar-refractivity contribution in [1.29, 1.82) is 0 Å². The topological polar surface area (TPSA) is 83.7 Å². The number of aliphatic carboxylic acids is 1. The number of rotatable bonds is 4. The second-order valence-electron chi connectivity index (χ2n) is 3.97. The predicted molar refractivity (Wildman–Crippen MR) is 68.3 cm³/mol. The van der Waals surface area contributed by atoms with Crippen LogP contribution in [-0.4, -0.2) is 29.1 Å². The third-order valence-electron chi connectivity index (χ3n) is 2.78. The highest BCUT2D eigenvalue weighted by Crippen LogP contribution is 2.32. The zero-order valence-electron chi connectivity index (χ0n) is 10.2. The van der Waals surface area contributed by atoms with E-state index in [1.807, 2.05) is 0 Å². The van der Waals surface area contributed by atoms with Crippen LogP contribution in [0.2, 0.25) is 5.02 Å². The Balaban J connectivity index is 3.23. The summed E-state index contributed by atoms with van der Waals surface area (Å²) in [7, 11) is 1.60. The van der Waals surface area contributed by atoms with Gasteiger partial charge in [0, 0.05) is 18.8 Å². The molecule has 0 saturated heterocycles. The average Bonchev–Trinajstić information content (AvgIpc) is 2.29. The van der Waals surface area contributed by atoms with Crippen molar-refractivity contribution in [3.05, 3.63) is 32.8 Å². The van der Waals surface area contributed by atoms with Gasteiger partial charge in [-0.15, -0.1) is 0 Å². The van der Waals surface area contributed by atoms with Gasteiger partial charge in [-0.1, -0.05) is 11.6 Å². The lowest BCUT2D eigenvalue weighted by Crippen LogP contribution is -2.36. The van der Waals surface area contributed by atoms with Gasteiger partial charge in [0.1, 0.15) is 11.1 Å². The van der Waals surface area contributed by atoms with Crippen molar-refractivity contribution < 1.29 is 14.8 Å². The number of carbonyl (C=O) groups is 1. The maximum Gasteiger partial charge on any atom is 0.326 e. The van der Waals surface area contributed by atoms with Crippen LogP contribution in [0.4, 0.5) is 11.4 Å². The zero-order valence-corrected chi connectivity index (χ0v) is 10.9. The van der Waals surface area contributed by atoms with Gasteiger partial charge in [-0.2, -0.15) is 0 Å². The summed E-state index contributed by atoms with van der Waals surface area (Å²) in [6.07, 6.45) is 0. The van der Waals surface area contributed by atoms with Gasteiger partial charge in [-0.05, 0) is 25.5 Å². The number of halogens is 1. The fraction of sp³-hybridized carbons (Fsp3) is 0.364. The molecular weight excluding hydrogens is 260 g/mol. The number of carboxylic acids is 1. The Bertz CT molecular complexity index is 504. The minimum absolute atomic E-state index is 0.00922. The van der Waals surface area contributed by atoms with Crippen molar-refractivity contribution in [2.75, 3.05) is 11.9 Å². The number of hydrogen-bond donors (Lipinski definition) is 1. The standard InChI is InChI=1S/C11H13ClN2O4/c1-6-4-10(14(17)18)8(12)5-9(6)13(3)7(2)11(15)16/h4-5,7H,1-3H3,(H,15,16). The maximum atomic E-state index is 10.9. The molecule has 6 nitrogen and oxygen atoms in total. The summed E-state index contributed by atoms with van der Waals surface area (Å²) in [6, 6.07) is 2.00. The highest BCUT2D eigenvalue weighted by Gasteiger charge is 2.22. The van der Waals surface area contributed by atoms with Crippen LogP contribution in [0.3, 0.4) is 0 Å². The van der Waals surface area contributed by atoms with Crippen molar-refractivity contribution in [2.45, 2.75) is 19.9 Å². The van der Waals surface area contributed by atoms with Gasteiger partial charge in [0.05, 0.1) is 4.92 Å². The number of aryl methyl sites for hydroxylation is 1. The summed E-state index contributed by atoms with van der Waals surface area (Å²) in [5.41, 5.74) is 0.969. The Hall–Kier alpha value is -1.82. The largest absolute Gasteiger partial charge is 0.480 e. The molecule has 98 valence electrons. The van der Waals surface area contributed by atoms with E-state index < -0.39 is 16.9 Å². The summed E-state index contributed by atoms with van der Waals surface area (Å²) in [5.74, 6) is -0.980. The van der Waals surface area contributed by atoms with E-state index >= 15 is 0 Å². The van der Waals surface area contributed by atoms with Crippen molar-refractivity contribution in [1.82, 2.24) is 0 Å². The van der Waals surface area contributed by atoms with Crippen molar-refractivity contribution in [2.24, 2.45) is 0 Å². The van der Waals surface area contributed by atoms with E-state index in [1.165, 1.54) is 24.0 Å². The maximum absolute atomic E-state index is 10.9. The zero-order chi connectivity index (χ0) is 14.0. The highest BCUT2D eigenvalue weighted by molar-refractivity contribution is 6.33. The van der Waals surface area contributed by atoms with Crippen molar-refractivity contribution in [3.63, 3.8) is 0 Å². The Labute approximate surface area is 109 Å². The number of nitro benzene ring substituents is 1. The lowest BCUT2D eigenvalue weighted by Gasteiger charge is -2.25. The molecule has 18 heavy (non-hydrogen) atoms. The van der Waals surface area contributed by atoms with Crippen molar-refractivity contribution >= 4 is 28.9 Å². The van der Waals surface area contributed by atoms with E-state index in [9.17, 15) is 14.9 Å². The minimum atomic E-state index is -0.980. The second kappa shape index (κ2) is 5.22. The van der Waals surface area contributed by atoms with Gasteiger partial charge in [-0.3, -0.25) is 10.1 Å². The lowest BCUT2D eigenvalue weighted by molar-refractivity contribution is -0.384. The lowest BCUT2D eigenvalue weighted by atomic mass is 10.1. The minimum Gasteiger partial charge on any atom is -0.480 e. The molecule has 0 bridgehead atoms. The van der Waals surface area contributed by atoms with Crippen LogP contribution in [0, 0.1) is 17.0 Å². The van der Waals surface area contributed by atoms with Crippen LogP contribution in [0.25, 0.3) is 0 Å². The fourth-order valence-corrected chi connectivity index (χ4v) is 1.78. The van der Waals surface area contributed by atoms with Crippen LogP contribution in [0.1, 0.15) is 12.5 Å². The Kier molecular flexibility index (Phi) is 4.13. The first kappa shape index (κ1) is 14.2. The molecule has 0 spiro atoms. The van der Waals surface area contributed by atoms with E-state index in [2.05, 4.69) is 0 Å². The summed E-state index contributed by atoms with van der Waals surface area (Å²) in [5, 5.41) is 19.6. The van der Waals surface area contributed by atoms with Crippen LogP contribution < -0.4 is 4.90 Å². The molecule has 1 atom stereocenters. The van der Waals surface area contributed by atoms with E-state index in [0.717, 1.165) is 0 Å². The molecule has 1 rings (SSSR count). The monoisotopic (exact) mass is 272 g/mol. The number of nitrogens with zero attached hydrogens (tertiary/aromatic N) is 2. The Morgan fingerprint density at radius 3 is 2.56 bits per heavy atom. The van der Waals surface area contributed by atoms with Gasteiger partial charge in [0.25, 0.3) is 5.69 Å². The molecule has 0 aromatic heterocycles. The molecule has 1 unspecified atom stereocenters. The Morgan fingerprint density at radius 2 is 2.11 bits per heavy atom. The van der Waals surface area contributed by atoms with Gasteiger partial charge >= 0.3 is 5.97 Å². The molecule has 0 aliphatic carbocycles. The number of carboxylic acid groups (broad SMARTS) is 1. The van der Waals surface area contributed by atoms with Gasteiger partial charge in [-0.25, -0.2) is 4.79 Å². The van der Waals surface area contributed by atoms with Gasteiger partial charge < -0.3 is 10.0 Å². The number of likely N-dealkylation sites (N-methyl/N-ethyl adjacent to an activating group) is 1. The highest BCUT2D eigenvalue weighted by atomic mass is 35.5. The molecule has 1 aromatic rings. The van der Waals surface area contributed by atoms with Gasteiger partial charge in [0.15, 0.2) is 0 Å². The number of nitro groups is 1. The first-order valence-electron chi connectivity index (χ1n) is 5.16. The molecule has 0 aliphatic rings. The normalized spacial score (nSPS) is 12.0. The molecule has 7 heteroatoms. The SMILES string of the molecule is Cc1cc([N+](=O)[O-])c(Cl)cc1N(C)C(C)C(=O)O. The number of benzene rings is 1. The first-order valence-corrected chi connectivity index (χ1v) is 5.53. The molecule has 0 heterocycles. The fourth-order valence-electron chi connectivity index (χ4n) is 1.55. The summed E-state index contributed by atoms with van der Waals surface area (Å²) < 4.78 is 0. The Morgan fingerprint density at radius 1 is 1.56 bits per heavy atom. The van der Waals surface area contributed by atoms with Crippen LogP contribution in [-0.2, 0) is 4.79 Å². The second-order valence-corrected chi connectivity index (χ2v) is 4.38. The van der Waals surface area contributed by atoms with E-state index in [1.54, 1.807) is 14.0 Å². The predicted octanol–water partition coefficient (Wildman–Crippen LogP) is 2.47. The van der Waals surface area contributed by atoms with E-state index in [0.29, 0.717) is 11.3 Å². The summed E-state index contributed by atoms with van der Waals surface area (Å²) >= 11 is 5.81. The molecule has 0 fully saturated rings. The number of hydrogen-bond acceptors (Lipinski definition) is 4. The molecule has 0 radical (unpaired) electrons. The average molecular weight is 273 g/mol. The number of anilines is 1. The summed E-state index contributed by atoms with van der Waals surface area (Å²) in [6.45, 7) is 3.20. The van der Waals surface area contributed by atoms with Crippen LogP contribution in [0.5, 0.6) is 0 Å². The molecule has 1 N–H and O–H groups in total.